The molecule has 0 bridgehead atoms. The Balaban J connectivity index is -0.0000000851. The zero-order valence-corrected chi connectivity index (χ0v) is 30.3. The number of aliphatic hydroxyl groups is 6. The van der Waals surface area contributed by atoms with Gasteiger partial charge in [-0.1, -0.05) is 20.8 Å². The molecule has 1 rings (SSSR count). The number of hydrogen-bond donors (Lipinski definition) is 24. The summed E-state index contributed by atoms with van der Waals surface area (Å²) in [4.78, 5) is 132. The van der Waals surface area contributed by atoms with E-state index in [-0.39, 0.29) is 0 Å². The number of aliphatic hydroxyl groups excluding tert-OH is 6. The predicted octanol–water partition coefficient (Wildman–Crippen LogP) is -8.06. The van der Waals surface area contributed by atoms with E-state index in [0.29, 0.717) is 0 Å². The van der Waals surface area contributed by atoms with Gasteiger partial charge in [-0.15, -0.1) is 0 Å². The summed E-state index contributed by atoms with van der Waals surface area (Å²) < 4.78 is 53.3. The van der Waals surface area contributed by atoms with Crippen LogP contribution in [0.25, 0.3) is 0 Å². The maximum absolute atomic E-state index is 8.97. The quantitative estimate of drug-likeness (QED) is 0.117. The second kappa shape index (κ2) is 29.8. The molecule has 37 heteroatoms. The minimum atomic E-state index is -4.64. The molecule has 0 aliphatic heterocycles. The van der Waals surface area contributed by atoms with Crippen LogP contribution < -0.4 is 0 Å². The molecule has 0 aromatic heterocycles. The molecule has 31 nitrogen and oxygen atoms in total. The van der Waals surface area contributed by atoms with Crippen LogP contribution in [0, 0.1) is 0 Å². The van der Waals surface area contributed by atoms with Gasteiger partial charge in [0, 0.05) is 0 Å². The molecule has 0 amide bonds. The number of hydrogen-bond acceptors (Lipinski definition) is 13. The topological polar surface area (TPSA) is 591 Å². The van der Waals surface area contributed by atoms with Crippen molar-refractivity contribution in [2.45, 2.75) is 57.4 Å². The summed E-state index contributed by atoms with van der Waals surface area (Å²) in [5.74, 6) is 0. The Kier molecular flexibility index (Phi) is 39.1. The minimum Gasteiger partial charge on any atom is -0.387 e. The minimum absolute atomic E-state index is 1.19. The van der Waals surface area contributed by atoms with Crippen molar-refractivity contribution in [2.24, 2.45) is 0 Å². The third-order valence-electron chi connectivity index (χ3n) is 3.44. The van der Waals surface area contributed by atoms with Gasteiger partial charge in [-0.25, -0.2) is 27.4 Å². The average Bonchev–Trinajstić information content (AvgIpc) is 2.75. The molecule has 1 saturated carbocycles. The lowest BCUT2D eigenvalue weighted by Crippen LogP contribution is -2.63. The molecular formula is C12H45NO30P6. The lowest BCUT2D eigenvalue weighted by atomic mass is 9.85. The molecule has 24 N–H and O–H groups in total. The van der Waals surface area contributed by atoms with E-state index < -0.39 is 83.6 Å². The summed E-state index contributed by atoms with van der Waals surface area (Å²) in [6, 6.07) is 0. The summed E-state index contributed by atoms with van der Waals surface area (Å²) in [6.07, 6.45) is -9.84. The molecule has 1 aliphatic carbocycles. The van der Waals surface area contributed by atoms with Crippen LogP contribution in [0.3, 0.4) is 0 Å². The van der Waals surface area contributed by atoms with Gasteiger partial charge < -0.3 is 124 Å². The van der Waals surface area contributed by atoms with E-state index in [2.05, 4.69) is 25.7 Å². The lowest BCUT2D eigenvalue weighted by Gasteiger charge is -2.39. The Labute approximate surface area is 275 Å². The molecular weight excluding hydrogens is 824 g/mol. The normalized spacial score (nSPS) is 22.3. The monoisotopic (exact) mass is 869 g/mol. The van der Waals surface area contributed by atoms with Crippen LogP contribution in [0.4, 0.5) is 0 Å². The molecule has 0 aromatic rings. The largest absolute Gasteiger partial charge is 0.466 e. The summed E-state index contributed by atoms with van der Waals surface area (Å²) in [7, 11) is -27.8. The van der Waals surface area contributed by atoms with Crippen molar-refractivity contribution in [3.63, 3.8) is 0 Å². The fourth-order valence-electron chi connectivity index (χ4n) is 1.88. The van der Waals surface area contributed by atoms with Gasteiger partial charge in [0.05, 0.1) is 0 Å². The average molecular weight is 869 g/mol. The van der Waals surface area contributed by atoms with Gasteiger partial charge in [0.1, 0.15) is 36.6 Å². The van der Waals surface area contributed by atoms with Crippen LogP contribution in [-0.4, -0.2) is 180 Å². The highest BCUT2D eigenvalue weighted by atomic mass is 31.2. The maximum atomic E-state index is 8.97. The zero-order valence-electron chi connectivity index (χ0n) is 24.9. The molecule has 0 heterocycles. The van der Waals surface area contributed by atoms with Crippen molar-refractivity contribution in [2.75, 3.05) is 19.6 Å². The lowest BCUT2D eigenvalue weighted by molar-refractivity contribution is -0.223. The van der Waals surface area contributed by atoms with E-state index in [1.807, 2.05) is 0 Å². The number of nitrogens with zero attached hydrogens (tertiary/aromatic N) is 1. The molecule has 308 valence electrons. The first-order valence-electron chi connectivity index (χ1n) is 11.3. The van der Waals surface area contributed by atoms with Crippen LogP contribution in [0.15, 0.2) is 0 Å². The molecule has 1 fully saturated rings. The van der Waals surface area contributed by atoms with E-state index in [0.717, 1.165) is 0 Å². The fraction of sp³-hybridized carbons (Fsp3) is 1.00. The third kappa shape index (κ3) is 113. The van der Waals surface area contributed by atoms with Crippen LogP contribution in [0.1, 0.15) is 20.8 Å². The highest BCUT2D eigenvalue weighted by Crippen LogP contribution is 2.28. The Morgan fingerprint density at radius 2 is 0.367 bits per heavy atom. The standard InChI is InChI=1S/C6H15N.C6H12O6.6H3O4P/c1-4-7(5-2)6-3;7-1-2(8)4(10)6(12)5(11)3(1)9;6*1-5(2,3)4/h4-6H2,1-3H3;1-12H;6*(H3,1,2,3,4). The SMILES string of the molecule is CCN(CC)CC.O=P(O)(O)O.O=P(O)(O)O.O=P(O)(O)O.O=P(O)(O)O.O=P(O)(O)O.O=P(O)(O)O.OC1C(O)C(O)C(O)C(O)C1O. The third-order valence-corrected chi connectivity index (χ3v) is 3.44. The van der Waals surface area contributed by atoms with Crippen LogP contribution in [0.5, 0.6) is 0 Å². The Morgan fingerprint density at radius 3 is 0.388 bits per heavy atom. The second-order valence-electron chi connectivity index (χ2n) is 7.64. The predicted molar refractivity (Wildman–Crippen MR) is 155 cm³/mol. The summed E-state index contributed by atoms with van der Waals surface area (Å²) in [5.41, 5.74) is 0. The zero-order chi connectivity index (χ0) is 42.2. The number of rotatable bonds is 3. The molecule has 0 atom stereocenters. The van der Waals surface area contributed by atoms with Crippen molar-refractivity contribution >= 4 is 46.9 Å². The van der Waals surface area contributed by atoms with Crippen molar-refractivity contribution in [1.29, 1.82) is 0 Å². The van der Waals surface area contributed by atoms with Crippen LogP contribution >= 0.6 is 46.9 Å². The van der Waals surface area contributed by atoms with Crippen LogP contribution in [0.2, 0.25) is 0 Å². The molecule has 0 aromatic carbocycles. The van der Waals surface area contributed by atoms with Gasteiger partial charge >= 0.3 is 46.9 Å². The highest BCUT2D eigenvalue weighted by Gasteiger charge is 2.47. The van der Waals surface area contributed by atoms with Gasteiger partial charge in [0.2, 0.25) is 0 Å². The van der Waals surface area contributed by atoms with Crippen molar-refractivity contribution < 1.29 is 146 Å². The second-order valence-corrected chi connectivity index (χ2v) is 13.8. The van der Waals surface area contributed by atoms with Crippen molar-refractivity contribution in [3.8, 4) is 0 Å². The molecule has 49 heavy (non-hydrogen) atoms. The van der Waals surface area contributed by atoms with Crippen molar-refractivity contribution in [1.82, 2.24) is 4.90 Å². The molecule has 1 aliphatic rings. The van der Waals surface area contributed by atoms with Gasteiger partial charge in [0.15, 0.2) is 0 Å². The summed E-state index contributed by atoms with van der Waals surface area (Å²) >= 11 is 0. The maximum Gasteiger partial charge on any atom is 0.466 e. The van der Waals surface area contributed by atoms with E-state index in [9.17, 15) is 0 Å². The first-order valence-corrected chi connectivity index (χ1v) is 20.7. The van der Waals surface area contributed by atoms with Crippen LogP contribution in [-0.2, 0) is 27.4 Å². The van der Waals surface area contributed by atoms with E-state index in [4.69, 9.17) is 146 Å². The van der Waals surface area contributed by atoms with Gasteiger partial charge in [0.25, 0.3) is 0 Å². The van der Waals surface area contributed by atoms with E-state index >= 15 is 0 Å². The summed E-state index contributed by atoms with van der Waals surface area (Å²) in [5, 5.41) is 53.8. The first kappa shape index (κ1) is 64.4. The van der Waals surface area contributed by atoms with Crippen molar-refractivity contribution in [3.05, 3.63) is 0 Å². The number of phosphoric acid groups is 6. The fourth-order valence-corrected chi connectivity index (χ4v) is 1.88. The smallest absolute Gasteiger partial charge is 0.387 e. The summed E-state index contributed by atoms with van der Waals surface area (Å²) in [6.45, 7) is 10.1. The molecule has 0 radical (unpaired) electrons. The van der Waals surface area contributed by atoms with Gasteiger partial charge in [-0.3, -0.25) is 0 Å². The van der Waals surface area contributed by atoms with Gasteiger partial charge in [-0.2, -0.15) is 0 Å². The van der Waals surface area contributed by atoms with Gasteiger partial charge in [-0.05, 0) is 19.6 Å². The molecule has 0 spiro atoms. The molecule has 0 unspecified atom stereocenters. The highest BCUT2D eigenvalue weighted by molar-refractivity contribution is 7.46. The Bertz CT molecular complexity index is 799. The Morgan fingerprint density at radius 1 is 0.306 bits per heavy atom. The first-order chi connectivity index (χ1) is 20.8. The van der Waals surface area contributed by atoms with E-state index in [1.54, 1.807) is 0 Å². The molecule has 0 saturated heterocycles. The Hall–Kier alpha value is 0.380. The van der Waals surface area contributed by atoms with E-state index in [1.165, 1.54) is 19.6 Å².